The zero-order valence-electron chi connectivity index (χ0n) is 12.8. The lowest BCUT2D eigenvalue weighted by Crippen LogP contribution is -2.44. The maximum atomic E-state index is 12.2. The van der Waals surface area contributed by atoms with Crippen molar-refractivity contribution >= 4 is 11.9 Å². The topological polar surface area (TPSA) is 75.6 Å². The van der Waals surface area contributed by atoms with Gasteiger partial charge >= 0.3 is 5.97 Å². The molecule has 5 heteroatoms. The Balaban J connectivity index is 2.78. The van der Waals surface area contributed by atoms with Crippen molar-refractivity contribution < 1.29 is 19.4 Å². The molecule has 0 saturated carbocycles. The molecule has 21 heavy (non-hydrogen) atoms. The van der Waals surface area contributed by atoms with Crippen LogP contribution in [-0.2, 0) is 14.3 Å². The third-order valence-electron chi connectivity index (χ3n) is 3.98. The molecule has 0 saturated heterocycles. The lowest BCUT2D eigenvalue weighted by molar-refractivity contribution is -0.149. The van der Waals surface area contributed by atoms with Crippen LogP contribution in [0, 0.1) is 5.41 Å². The van der Waals surface area contributed by atoms with Gasteiger partial charge in [-0.15, -0.1) is 0 Å². The molecule has 2 N–H and O–H groups in total. The number of carboxylic acid groups (broad SMARTS) is 1. The Hall–Kier alpha value is -1.88. The Kier molecular flexibility index (Phi) is 6.37. The van der Waals surface area contributed by atoms with E-state index in [0.29, 0.717) is 12.8 Å². The molecule has 0 aliphatic heterocycles. The molecule has 1 rings (SSSR count). The Morgan fingerprint density at radius 3 is 2.24 bits per heavy atom. The van der Waals surface area contributed by atoms with E-state index in [9.17, 15) is 14.7 Å². The highest BCUT2D eigenvalue weighted by atomic mass is 16.5. The Labute approximate surface area is 125 Å². The second-order valence-corrected chi connectivity index (χ2v) is 5.04. The maximum absolute atomic E-state index is 12.2. The van der Waals surface area contributed by atoms with Crippen molar-refractivity contribution in [1.29, 1.82) is 0 Å². The van der Waals surface area contributed by atoms with Crippen LogP contribution in [0.15, 0.2) is 30.3 Å². The largest absolute Gasteiger partial charge is 0.481 e. The number of ether oxygens (including phenoxy) is 1. The van der Waals surface area contributed by atoms with Crippen molar-refractivity contribution in [3.63, 3.8) is 0 Å². The van der Waals surface area contributed by atoms with E-state index in [1.54, 1.807) is 12.1 Å². The van der Waals surface area contributed by atoms with Gasteiger partial charge in [0.25, 0.3) is 5.91 Å². The maximum Gasteiger partial charge on any atom is 0.311 e. The molecule has 0 aliphatic rings. The van der Waals surface area contributed by atoms with Crippen molar-refractivity contribution in [2.24, 2.45) is 5.41 Å². The van der Waals surface area contributed by atoms with Crippen molar-refractivity contribution in [2.45, 2.75) is 32.8 Å². The zero-order chi connectivity index (χ0) is 15.9. The summed E-state index contributed by atoms with van der Waals surface area (Å²) in [6, 6.07) is 9.12. The monoisotopic (exact) mass is 293 g/mol. The number of amides is 1. The SMILES string of the molecule is CCC(CC)(CNC(=O)C(OC)c1ccccc1)C(=O)O. The van der Waals surface area contributed by atoms with Gasteiger partial charge in [-0.1, -0.05) is 44.2 Å². The van der Waals surface area contributed by atoms with Gasteiger partial charge in [-0.25, -0.2) is 0 Å². The van der Waals surface area contributed by atoms with Crippen LogP contribution < -0.4 is 5.32 Å². The lowest BCUT2D eigenvalue weighted by atomic mass is 9.82. The van der Waals surface area contributed by atoms with Crippen molar-refractivity contribution in [2.75, 3.05) is 13.7 Å². The number of methoxy groups -OCH3 is 1. The second-order valence-electron chi connectivity index (χ2n) is 5.04. The molecule has 0 heterocycles. The van der Waals surface area contributed by atoms with Crippen LogP contribution >= 0.6 is 0 Å². The third-order valence-corrected chi connectivity index (χ3v) is 3.98. The number of nitrogens with one attached hydrogen (secondary N) is 1. The lowest BCUT2D eigenvalue weighted by Gasteiger charge is -2.27. The number of carbonyl (C=O) groups is 2. The van der Waals surface area contributed by atoms with E-state index in [0.717, 1.165) is 5.56 Å². The fraction of sp³-hybridized carbons (Fsp3) is 0.500. The number of benzene rings is 1. The van der Waals surface area contributed by atoms with E-state index in [1.807, 2.05) is 32.0 Å². The van der Waals surface area contributed by atoms with Crippen LogP contribution in [0.25, 0.3) is 0 Å². The molecular formula is C16H23NO4. The number of aliphatic carboxylic acids is 1. The Bertz CT molecular complexity index is 468. The van der Waals surface area contributed by atoms with E-state index in [1.165, 1.54) is 7.11 Å². The van der Waals surface area contributed by atoms with Gasteiger partial charge in [-0.3, -0.25) is 9.59 Å². The highest BCUT2D eigenvalue weighted by Gasteiger charge is 2.35. The predicted molar refractivity (Wildman–Crippen MR) is 79.9 cm³/mol. The van der Waals surface area contributed by atoms with Gasteiger partial charge in [-0.05, 0) is 18.4 Å². The molecular weight excluding hydrogens is 270 g/mol. The van der Waals surface area contributed by atoms with Crippen LogP contribution in [0.1, 0.15) is 38.4 Å². The molecule has 0 bridgehead atoms. The van der Waals surface area contributed by atoms with Gasteiger partial charge in [0.15, 0.2) is 6.10 Å². The van der Waals surface area contributed by atoms with Gasteiger partial charge in [-0.2, -0.15) is 0 Å². The molecule has 0 aliphatic carbocycles. The summed E-state index contributed by atoms with van der Waals surface area (Å²) in [5.74, 6) is -1.21. The summed E-state index contributed by atoms with van der Waals surface area (Å²) in [5.41, 5.74) is -0.184. The Morgan fingerprint density at radius 2 is 1.81 bits per heavy atom. The zero-order valence-corrected chi connectivity index (χ0v) is 12.8. The van der Waals surface area contributed by atoms with Crippen molar-refractivity contribution in [3.05, 3.63) is 35.9 Å². The highest BCUT2D eigenvalue weighted by Crippen LogP contribution is 2.26. The number of hydrogen-bond acceptors (Lipinski definition) is 3. The van der Waals surface area contributed by atoms with Crippen LogP contribution in [0.5, 0.6) is 0 Å². The van der Waals surface area contributed by atoms with Crippen LogP contribution in [0.4, 0.5) is 0 Å². The normalized spacial score (nSPS) is 12.7. The van der Waals surface area contributed by atoms with E-state index in [4.69, 9.17) is 4.74 Å². The number of rotatable bonds is 8. The fourth-order valence-electron chi connectivity index (χ4n) is 2.25. The minimum absolute atomic E-state index is 0.0981. The molecule has 5 nitrogen and oxygen atoms in total. The van der Waals surface area contributed by atoms with Crippen molar-refractivity contribution in [1.82, 2.24) is 5.32 Å². The third kappa shape index (κ3) is 4.04. The number of carbonyl (C=O) groups excluding carboxylic acids is 1. The summed E-state index contributed by atoms with van der Waals surface area (Å²) in [6.45, 7) is 3.73. The standard InChI is InChI=1S/C16H23NO4/c1-4-16(5-2,15(19)20)11-17-14(18)13(21-3)12-9-7-6-8-10-12/h6-10,13H,4-5,11H2,1-3H3,(H,17,18)(H,19,20). The van der Waals surface area contributed by atoms with E-state index in [-0.39, 0.29) is 12.5 Å². The molecule has 0 fully saturated rings. The van der Waals surface area contributed by atoms with E-state index < -0.39 is 17.5 Å². The first-order chi connectivity index (χ1) is 10.0. The van der Waals surface area contributed by atoms with Crippen LogP contribution in [0.2, 0.25) is 0 Å². The van der Waals surface area contributed by atoms with Crippen LogP contribution in [0.3, 0.4) is 0 Å². The van der Waals surface area contributed by atoms with Gasteiger partial charge in [0.05, 0.1) is 5.41 Å². The summed E-state index contributed by atoms with van der Waals surface area (Å²) in [5, 5.41) is 12.1. The van der Waals surface area contributed by atoms with E-state index >= 15 is 0 Å². The molecule has 0 radical (unpaired) electrons. The molecule has 1 aromatic rings. The average molecular weight is 293 g/mol. The average Bonchev–Trinajstić information content (AvgIpc) is 2.50. The second kappa shape index (κ2) is 7.78. The molecule has 1 aromatic carbocycles. The quantitative estimate of drug-likeness (QED) is 0.771. The fourth-order valence-corrected chi connectivity index (χ4v) is 2.25. The van der Waals surface area contributed by atoms with Gasteiger partial charge in [0, 0.05) is 13.7 Å². The molecule has 116 valence electrons. The number of carboxylic acids is 1. The van der Waals surface area contributed by atoms with E-state index in [2.05, 4.69) is 5.32 Å². The highest BCUT2D eigenvalue weighted by molar-refractivity contribution is 5.83. The first kappa shape index (κ1) is 17.2. The molecule has 1 amide bonds. The summed E-state index contributed by atoms with van der Waals surface area (Å²) in [6.07, 6.45) is 0.191. The van der Waals surface area contributed by atoms with Gasteiger partial charge in [0.2, 0.25) is 0 Å². The summed E-state index contributed by atoms with van der Waals surface area (Å²) in [4.78, 5) is 23.7. The first-order valence-corrected chi connectivity index (χ1v) is 7.09. The number of hydrogen-bond donors (Lipinski definition) is 2. The Morgan fingerprint density at radius 1 is 1.24 bits per heavy atom. The summed E-state index contributed by atoms with van der Waals surface area (Å²) in [7, 11) is 1.46. The van der Waals surface area contributed by atoms with Gasteiger partial charge in [0.1, 0.15) is 0 Å². The smallest absolute Gasteiger partial charge is 0.311 e. The molecule has 1 unspecified atom stereocenters. The minimum atomic E-state index is -0.926. The summed E-state index contributed by atoms with van der Waals surface area (Å²) >= 11 is 0. The molecule has 0 spiro atoms. The van der Waals surface area contributed by atoms with Crippen molar-refractivity contribution in [3.8, 4) is 0 Å². The van der Waals surface area contributed by atoms with Gasteiger partial charge < -0.3 is 15.2 Å². The van der Waals surface area contributed by atoms with Crippen LogP contribution in [-0.4, -0.2) is 30.6 Å². The predicted octanol–water partition coefficient (Wildman–Crippen LogP) is 2.38. The minimum Gasteiger partial charge on any atom is -0.481 e. The first-order valence-electron chi connectivity index (χ1n) is 7.09. The molecule has 1 atom stereocenters. The summed E-state index contributed by atoms with van der Waals surface area (Å²) < 4.78 is 5.23. The molecule has 0 aromatic heterocycles.